The maximum atomic E-state index is 12.0. The maximum Gasteiger partial charge on any atom is 0.472 e. The molecule has 11 heteroatoms. The molecule has 3 unspecified atom stereocenters. The zero-order chi connectivity index (χ0) is 24.2. The van der Waals surface area contributed by atoms with Gasteiger partial charge in [-0.1, -0.05) is 58.8 Å². The van der Waals surface area contributed by atoms with Crippen molar-refractivity contribution < 1.29 is 47.8 Å². The van der Waals surface area contributed by atoms with Crippen LogP contribution in [0.3, 0.4) is 0 Å². The van der Waals surface area contributed by atoms with Crippen LogP contribution in [0.2, 0.25) is 0 Å². The van der Waals surface area contributed by atoms with Gasteiger partial charge in [0.2, 0.25) is 0 Å². The Labute approximate surface area is 191 Å². The predicted molar refractivity (Wildman–Crippen MR) is 118 cm³/mol. The minimum Gasteiger partial charge on any atom is -0.457 e. The van der Waals surface area contributed by atoms with Crippen LogP contribution >= 0.6 is 7.82 Å². The van der Waals surface area contributed by atoms with E-state index in [1.807, 2.05) is 0 Å². The van der Waals surface area contributed by atoms with Crippen molar-refractivity contribution in [2.24, 2.45) is 0 Å². The van der Waals surface area contributed by atoms with E-state index in [0.29, 0.717) is 12.8 Å². The van der Waals surface area contributed by atoms with Crippen LogP contribution in [0.25, 0.3) is 0 Å². The molecule has 0 radical (unpaired) electrons. The first-order chi connectivity index (χ1) is 15.3. The predicted octanol–water partition coefficient (Wildman–Crippen LogP) is 3.26. The highest BCUT2D eigenvalue weighted by atomic mass is 31.2. The number of hydrogen-bond acceptors (Lipinski definition) is 9. The van der Waals surface area contributed by atoms with Crippen molar-refractivity contribution in [2.45, 2.75) is 96.7 Å². The van der Waals surface area contributed by atoms with E-state index in [-0.39, 0.29) is 12.8 Å². The SMILES string of the molecule is CCCCCCCCCCC(=O)OC(CO)COP(=O)(O)OCC(CO)OC(=O)CCC. The van der Waals surface area contributed by atoms with Crippen LogP contribution in [0.1, 0.15) is 84.5 Å². The molecule has 0 aliphatic rings. The van der Waals surface area contributed by atoms with E-state index in [1.165, 1.54) is 25.7 Å². The van der Waals surface area contributed by atoms with E-state index in [4.69, 9.17) is 18.5 Å². The van der Waals surface area contributed by atoms with Crippen LogP contribution in [-0.4, -0.2) is 65.7 Å². The molecular weight excluding hydrogens is 443 g/mol. The summed E-state index contributed by atoms with van der Waals surface area (Å²) in [4.78, 5) is 33.0. The van der Waals surface area contributed by atoms with Crippen molar-refractivity contribution in [1.82, 2.24) is 0 Å². The molecular formula is C21H41O10P. The summed E-state index contributed by atoms with van der Waals surface area (Å²) in [6, 6.07) is 0. The van der Waals surface area contributed by atoms with Crippen LogP contribution in [0, 0.1) is 0 Å². The molecule has 0 amide bonds. The fourth-order valence-corrected chi connectivity index (χ4v) is 3.52. The van der Waals surface area contributed by atoms with Crippen molar-refractivity contribution in [3.63, 3.8) is 0 Å². The van der Waals surface area contributed by atoms with Crippen molar-refractivity contribution >= 4 is 19.8 Å². The lowest BCUT2D eigenvalue weighted by Crippen LogP contribution is -2.28. The monoisotopic (exact) mass is 484 g/mol. The fraction of sp³-hybridized carbons (Fsp3) is 0.905. The molecule has 0 spiro atoms. The highest BCUT2D eigenvalue weighted by Crippen LogP contribution is 2.43. The number of phosphoric ester groups is 1. The normalized spacial score (nSPS) is 15.0. The van der Waals surface area contributed by atoms with Gasteiger partial charge < -0.3 is 24.6 Å². The molecule has 0 saturated carbocycles. The minimum absolute atomic E-state index is 0.145. The summed E-state index contributed by atoms with van der Waals surface area (Å²) in [6.45, 7) is 1.67. The zero-order valence-corrected chi connectivity index (χ0v) is 20.3. The maximum absolute atomic E-state index is 12.0. The molecule has 0 aromatic heterocycles. The Morgan fingerprint density at radius 1 is 0.719 bits per heavy atom. The molecule has 0 aliphatic heterocycles. The number of phosphoric acid groups is 1. The molecule has 0 bridgehead atoms. The fourth-order valence-electron chi connectivity index (χ4n) is 2.74. The number of rotatable bonds is 21. The summed E-state index contributed by atoms with van der Waals surface area (Å²) in [5, 5.41) is 18.5. The lowest BCUT2D eigenvalue weighted by molar-refractivity contribution is -0.153. The molecule has 0 heterocycles. The molecule has 3 atom stereocenters. The third-order valence-electron chi connectivity index (χ3n) is 4.54. The van der Waals surface area contributed by atoms with Crippen molar-refractivity contribution in [3.05, 3.63) is 0 Å². The number of aliphatic hydroxyl groups excluding tert-OH is 2. The molecule has 0 aliphatic carbocycles. The van der Waals surface area contributed by atoms with E-state index < -0.39 is 58.4 Å². The van der Waals surface area contributed by atoms with Gasteiger partial charge >= 0.3 is 19.8 Å². The standard InChI is InChI=1S/C21H41O10P/c1-3-5-6-7-8-9-10-11-13-21(25)31-19(15-23)17-29-32(26,27)28-16-18(14-22)30-20(24)12-4-2/h18-19,22-23H,3-17H2,1-2H3,(H,26,27). The van der Waals surface area contributed by atoms with Crippen LogP contribution < -0.4 is 0 Å². The highest BCUT2D eigenvalue weighted by molar-refractivity contribution is 7.47. The summed E-state index contributed by atoms with van der Waals surface area (Å²) >= 11 is 0. The smallest absolute Gasteiger partial charge is 0.457 e. The number of unbranched alkanes of at least 4 members (excludes halogenated alkanes) is 7. The first kappa shape index (κ1) is 31.0. The second-order valence-electron chi connectivity index (χ2n) is 7.62. The van der Waals surface area contributed by atoms with Crippen molar-refractivity contribution in [2.75, 3.05) is 26.4 Å². The van der Waals surface area contributed by atoms with Crippen LogP contribution in [0.15, 0.2) is 0 Å². The number of carbonyl (C=O) groups excluding carboxylic acids is 2. The lowest BCUT2D eigenvalue weighted by Gasteiger charge is -2.20. The second kappa shape index (κ2) is 19.4. The third kappa shape index (κ3) is 17.5. The molecule has 32 heavy (non-hydrogen) atoms. The number of carbonyl (C=O) groups is 2. The molecule has 0 fully saturated rings. The number of aliphatic hydroxyl groups is 2. The van der Waals surface area contributed by atoms with E-state index in [1.54, 1.807) is 6.92 Å². The van der Waals surface area contributed by atoms with E-state index in [2.05, 4.69) is 6.92 Å². The highest BCUT2D eigenvalue weighted by Gasteiger charge is 2.27. The Morgan fingerprint density at radius 2 is 1.16 bits per heavy atom. The molecule has 0 aromatic carbocycles. The first-order valence-corrected chi connectivity index (χ1v) is 13.0. The topological polar surface area (TPSA) is 149 Å². The minimum atomic E-state index is -4.58. The van der Waals surface area contributed by atoms with Crippen molar-refractivity contribution in [1.29, 1.82) is 0 Å². The number of ether oxygens (including phenoxy) is 2. The summed E-state index contributed by atoms with van der Waals surface area (Å²) in [5.41, 5.74) is 0. The van der Waals surface area contributed by atoms with Gasteiger partial charge in [0, 0.05) is 12.8 Å². The molecule has 0 aromatic rings. The van der Waals surface area contributed by atoms with Gasteiger partial charge in [-0.15, -0.1) is 0 Å². The van der Waals surface area contributed by atoms with Gasteiger partial charge in [0.05, 0.1) is 26.4 Å². The van der Waals surface area contributed by atoms with Gasteiger partial charge in [0.15, 0.2) is 0 Å². The van der Waals surface area contributed by atoms with E-state index in [9.17, 15) is 29.3 Å². The Kier molecular flexibility index (Phi) is 18.8. The Morgan fingerprint density at radius 3 is 1.59 bits per heavy atom. The zero-order valence-electron chi connectivity index (χ0n) is 19.4. The quantitative estimate of drug-likeness (QED) is 0.126. The molecule has 10 nitrogen and oxygen atoms in total. The molecule has 190 valence electrons. The van der Waals surface area contributed by atoms with Gasteiger partial charge in [0.1, 0.15) is 12.2 Å². The Balaban J connectivity index is 4.14. The van der Waals surface area contributed by atoms with Crippen molar-refractivity contribution in [3.8, 4) is 0 Å². The summed E-state index contributed by atoms with van der Waals surface area (Å²) in [7, 11) is -4.58. The second-order valence-corrected chi connectivity index (χ2v) is 9.08. The third-order valence-corrected chi connectivity index (χ3v) is 5.49. The summed E-state index contributed by atoms with van der Waals surface area (Å²) < 4.78 is 31.4. The summed E-state index contributed by atoms with van der Waals surface area (Å²) in [5.74, 6) is -1.08. The molecule has 0 saturated heterocycles. The van der Waals surface area contributed by atoms with E-state index >= 15 is 0 Å². The number of hydrogen-bond donors (Lipinski definition) is 3. The van der Waals surface area contributed by atoms with Gasteiger partial charge in [-0.3, -0.25) is 18.6 Å². The van der Waals surface area contributed by atoms with Gasteiger partial charge in [-0.05, 0) is 12.8 Å². The van der Waals surface area contributed by atoms with Crippen LogP contribution in [0.4, 0.5) is 0 Å². The molecule has 3 N–H and O–H groups in total. The van der Waals surface area contributed by atoms with Gasteiger partial charge in [-0.2, -0.15) is 0 Å². The number of esters is 2. The molecule has 0 rings (SSSR count). The average Bonchev–Trinajstić information content (AvgIpc) is 2.76. The first-order valence-electron chi connectivity index (χ1n) is 11.5. The average molecular weight is 485 g/mol. The van der Waals surface area contributed by atoms with Crippen LogP contribution in [-0.2, 0) is 32.7 Å². The van der Waals surface area contributed by atoms with Gasteiger partial charge in [0.25, 0.3) is 0 Å². The van der Waals surface area contributed by atoms with E-state index in [0.717, 1.165) is 19.3 Å². The summed E-state index contributed by atoms with van der Waals surface area (Å²) in [6.07, 6.45) is 7.34. The largest absolute Gasteiger partial charge is 0.472 e. The Bertz CT molecular complexity index is 543. The van der Waals surface area contributed by atoms with Crippen LogP contribution in [0.5, 0.6) is 0 Å². The van der Waals surface area contributed by atoms with Gasteiger partial charge in [-0.25, -0.2) is 4.57 Å². The lowest BCUT2D eigenvalue weighted by atomic mass is 10.1. The Hall–Kier alpha value is -1.03.